The molecule has 100 valence electrons. The summed E-state index contributed by atoms with van der Waals surface area (Å²) in [5.41, 5.74) is 4.59. The van der Waals surface area contributed by atoms with Crippen LogP contribution in [0.2, 0.25) is 0 Å². The Hall–Kier alpha value is -2.91. The summed E-state index contributed by atoms with van der Waals surface area (Å²) in [5, 5.41) is 8.75. The van der Waals surface area contributed by atoms with Crippen LogP contribution in [0, 0.1) is 11.3 Å². The van der Waals surface area contributed by atoms with Crippen molar-refractivity contribution in [3.05, 3.63) is 53.9 Å². The lowest BCUT2D eigenvalue weighted by Crippen LogP contribution is -2.27. The van der Waals surface area contributed by atoms with Crippen LogP contribution in [0.4, 0.5) is 11.4 Å². The first-order valence-corrected chi connectivity index (χ1v) is 5.86. The van der Waals surface area contributed by atoms with Gasteiger partial charge in [-0.25, -0.2) is 0 Å². The smallest absolute Gasteiger partial charge is 0.276 e. The SMILES string of the molecule is CN(C(=O)c1cc(NN)ccn1)c1ccc(C#N)cc1. The number of amides is 1. The molecule has 0 fully saturated rings. The summed E-state index contributed by atoms with van der Waals surface area (Å²) in [5.74, 6) is 5.05. The molecular weight excluding hydrogens is 254 g/mol. The minimum atomic E-state index is -0.258. The first-order valence-electron chi connectivity index (χ1n) is 5.86. The number of hydrogen-bond acceptors (Lipinski definition) is 5. The molecule has 3 N–H and O–H groups in total. The molecule has 0 aliphatic carbocycles. The van der Waals surface area contributed by atoms with Gasteiger partial charge in [-0.3, -0.25) is 15.6 Å². The predicted molar refractivity (Wildman–Crippen MR) is 75.9 cm³/mol. The quantitative estimate of drug-likeness (QED) is 0.649. The molecule has 1 heterocycles. The van der Waals surface area contributed by atoms with E-state index in [1.54, 1.807) is 43.4 Å². The fraction of sp³-hybridized carbons (Fsp3) is 0.0714. The molecule has 0 bridgehead atoms. The molecule has 1 aromatic carbocycles. The molecule has 0 aliphatic rings. The van der Waals surface area contributed by atoms with Crippen LogP contribution in [0.5, 0.6) is 0 Å². The summed E-state index contributed by atoms with van der Waals surface area (Å²) in [6.45, 7) is 0. The molecule has 0 aliphatic heterocycles. The van der Waals surface area contributed by atoms with Crippen molar-refractivity contribution in [1.82, 2.24) is 4.98 Å². The standard InChI is InChI=1S/C14H13N5O/c1-19(12-4-2-10(9-15)3-5-12)14(20)13-8-11(18-16)6-7-17-13/h2-8H,16H2,1H3,(H,17,18). The summed E-state index contributed by atoms with van der Waals surface area (Å²) < 4.78 is 0. The van der Waals surface area contributed by atoms with Crippen molar-refractivity contribution in [2.45, 2.75) is 0 Å². The molecule has 0 unspecified atom stereocenters. The highest BCUT2D eigenvalue weighted by Crippen LogP contribution is 2.16. The number of carbonyl (C=O) groups excluding carboxylic acids is 1. The Morgan fingerprint density at radius 1 is 1.35 bits per heavy atom. The second-order valence-electron chi connectivity index (χ2n) is 4.10. The van der Waals surface area contributed by atoms with E-state index in [1.165, 1.54) is 11.1 Å². The van der Waals surface area contributed by atoms with E-state index in [9.17, 15) is 4.79 Å². The topological polar surface area (TPSA) is 95.0 Å². The molecule has 6 nitrogen and oxygen atoms in total. The number of nitriles is 1. The average molecular weight is 267 g/mol. The molecule has 2 aromatic rings. The molecule has 0 atom stereocenters. The third-order valence-electron chi connectivity index (χ3n) is 2.83. The van der Waals surface area contributed by atoms with Gasteiger partial charge in [0.1, 0.15) is 5.69 Å². The largest absolute Gasteiger partial charge is 0.324 e. The zero-order chi connectivity index (χ0) is 14.5. The number of benzene rings is 1. The van der Waals surface area contributed by atoms with Crippen molar-refractivity contribution >= 4 is 17.3 Å². The molecule has 1 aromatic heterocycles. The number of nitrogen functional groups attached to an aromatic ring is 1. The van der Waals surface area contributed by atoms with Crippen LogP contribution < -0.4 is 16.2 Å². The summed E-state index contributed by atoms with van der Waals surface area (Å²) in [6.07, 6.45) is 1.51. The van der Waals surface area contributed by atoms with E-state index in [0.29, 0.717) is 16.9 Å². The number of nitrogens with one attached hydrogen (secondary N) is 1. The summed E-state index contributed by atoms with van der Waals surface area (Å²) in [6, 6.07) is 12.0. The lowest BCUT2D eigenvalue weighted by atomic mass is 10.2. The van der Waals surface area contributed by atoms with Gasteiger partial charge in [0.25, 0.3) is 5.91 Å². The van der Waals surface area contributed by atoms with E-state index in [-0.39, 0.29) is 11.6 Å². The maximum atomic E-state index is 12.3. The number of anilines is 2. The number of hydrogen-bond donors (Lipinski definition) is 2. The summed E-state index contributed by atoms with van der Waals surface area (Å²) >= 11 is 0. The Labute approximate surface area is 116 Å². The molecule has 2 rings (SSSR count). The van der Waals surface area contributed by atoms with Crippen LogP contribution in [-0.2, 0) is 0 Å². The second-order valence-corrected chi connectivity index (χ2v) is 4.10. The summed E-state index contributed by atoms with van der Waals surface area (Å²) in [4.78, 5) is 17.8. The van der Waals surface area contributed by atoms with Crippen LogP contribution in [0.25, 0.3) is 0 Å². The van der Waals surface area contributed by atoms with Gasteiger partial charge in [-0.2, -0.15) is 5.26 Å². The maximum Gasteiger partial charge on any atom is 0.276 e. The first-order chi connectivity index (χ1) is 9.65. The lowest BCUT2D eigenvalue weighted by molar-refractivity contribution is 0.0988. The third-order valence-corrected chi connectivity index (χ3v) is 2.83. The van der Waals surface area contributed by atoms with Crippen LogP contribution in [0.3, 0.4) is 0 Å². The minimum absolute atomic E-state index is 0.258. The number of nitrogens with two attached hydrogens (primary N) is 1. The number of pyridine rings is 1. The van der Waals surface area contributed by atoms with Gasteiger partial charge in [0.2, 0.25) is 0 Å². The van der Waals surface area contributed by atoms with Crippen molar-refractivity contribution in [3.8, 4) is 6.07 Å². The minimum Gasteiger partial charge on any atom is -0.324 e. The van der Waals surface area contributed by atoms with Gasteiger partial charge >= 0.3 is 0 Å². The van der Waals surface area contributed by atoms with E-state index in [2.05, 4.69) is 10.4 Å². The zero-order valence-corrected chi connectivity index (χ0v) is 10.9. The second kappa shape index (κ2) is 5.82. The van der Waals surface area contributed by atoms with Gasteiger partial charge < -0.3 is 10.3 Å². The number of nitrogens with zero attached hydrogens (tertiary/aromatic N) is 3. The van der Waals surface area contributed by atoms with E-state index >= 15 is 0 Å². The highest BCUT2D eigenvalue weighted by Gasteiger charge is 2.15. The normalized spacial score (nSPS) is 9.65. The van der Waals surface area contributed by atoms with E-state index in [1.807, 2.05) is 6.07 Å². The molecule has 20 heavy (non-hydrogen) atoms. The first kappa shape index (κ1) is 13.5. The van der Waals surface area contributed by atoms with Crippen LogP contribution in [-0.4, -0.2) is 17.9 Å². The van der Waals surface area contributed by atoms with Gasteiger partial charge in [0, 0.05) is 18.9 Å². The number of hydrazine groups is 1. The lowest BCUT2D eigenvalue weighted by Gasteiger charge is -2.17. The van der Waals surface area contributed by atoms with E-state index in [0.717, 1.165) is 0 Å². The zero-order valence-electron chi connectivity index (χ0n) is 10.9. The van der Waals surface area contributed by atoms with Gasteiger partial charge in [0.15, 0.2) is 0 Å². The van der Waals surface area contributed by atoms with Crippen LogP contribution in [0.1, 0.15) is 16.1 Å². The van der Waals surface area contributed by atoms with Crippen molar-refractivity contribution in [1.29, 1.82) is 5.26 Å². The van der Waals surface area contributed by atoms with Gasteiger partial charge in [-0.1, -0.05) is 0 Å². The highest BCUT2D eigenvalue weighted by molar-refractivity contribution is 6.04. The average Bonchev–Trinajstić information content (AvgIpc) is 2.53. The Bertz CT molecular complexity index is 660. The van der Waals surface area contributed by atoms with Crippen LogP contribution in [0.15, 0.2) is 42.6 Å². The van der Waals surface area contributed by atoms with E-state index < -0.39 is 0 Å². The molecule has 6 heteroatoms. The van der Waals surface area contributed by atoms with E-state index in [4.69, 9.17) is 11.1 Å². The number of aromatic nitrogens is 1. The number of carbonyl (C=O) groups is 1. The van der Waals surface area contributed by atoms with Gasteiger partial charge in [-0.05, 0) is 36.4 Å². The van der Waals surface area contributed by atoms with Gasteiger partial charge in [0.05, 0.1) is 17.3 Å². The Morgan fingerprint density at radius 3 is 2.65 bits per heavy atom. The highest BCUT2D eigenvalue weighted by atomic mass is 16.2. The summed E-state index contributed by atoms with van der Waals surface area (Å²) in [7, 11) is 1.65. The maximum absolute atomic E-state index is 12.3. The van der Waals surface area contributed by atoms with Crippen molar-refractivity contribution in [2.75, 3.05) is 17.4 Å². The third kappa shape index (κ3) is 2.74. The molecule has 0 spiro atoms. The number of rotatable bonds is 3. The Morgan fingerprint density at radius 2 is 2.05 bits per heavy atom. The molecule has 0 saturated carbocycles. The van der Waals surface area contributed by atoms with Crippen molar-refractivity contribution in [2.24, 2.45) is 5.84 Å². The predicted octanol–water partition coefficient (Wildman–Crippen LogP) is 1.52. The Balaban J connectivity index is 2.25. The molecule has 0 radical (unpaired) electrons. The monoisotopic (exact) mass is 267 g/mol. The van der Waals surface area contributed by atoms with Crippen molar-refractivity contribution in [3.63, 3.8) is 0 Å². The Kier molecular flexibility index (Phi) is 3.93. The molecule has 1 amide bonds. The molecule has 0 saturated heterocycles. The fourth-order valence-electron chi connectivity index (χ4n) is 1.69. The molecular formula is C14H13N5O. The van der Waals surface area contributed by atoms with Crippen LogP contribution >= 0.6 is 0 Å². The fourth-order valence-corrected chi connectivity index (χ4v) is 1.69. The van der Waals surface area contributed by atoms with Crippen molar-refractivity contribution < 1.29 is 4.79 Å². The van der Waals surface area contributed by atoms with Gasteiger partial charge in [-0.15, -0.1) is 0 Å².